The van der Waals surface area contributed by atoms with Gasteiger partial charge in [0.2, 0.25) is 0 Å². The molecule has 0 saturated heterocycles. The monoisotopic (exact) mass is 402 g/mol. The molecule has 0 fully saturated rings. The van der Waals surface area contributed by atoms with Crippen LogP contribution in [0.25, 0.3) is 0 Å². The average Bonchev–Trinajstić information content (AvgIpc) is 2.90. The van der Waals surface area contributed by atoms with Crippen molar-refractivity contribution in [3.63, 3.8) is 0 Å². The minimum atomic E-state index is -0.427. The topological polar surface area (TPSA) is 44.1 Å². The van der Waals surface area contributed by atoms with Gasteiger partial charge >= 0.3 is 0 Å². The molecule has 0 N–H and O–H groups in total. The van der Waals surface area contributed by atoms with E-state index in [1.165, 1.54) is 11.1 Å². The molecule has 0 saturated carbocycles. The van der Waals surface area contributed by atoms with Crippen LogP contribution in [-0.2, 0) is 11.3 Å². The number of aldehydes is 1. The second-order valence-corrected chi connectivity index (χ2v) is 7.23. The predicted molar refractivity (Wildman–Crippen MR) is 97.9 cm³/mol. The fourth-order valence-electron chi connectivity index (χ4n) is 3.36. The molecule has 0 bridgehead atoms. The van der Waals surface area contributed by atoms with Crippen LogP contribution in [0.4, 0.5) is 0 Å². The zero-order valence-corrected chi connectivity index (χ0v) is 15.5. The number of halogens is 2. The molecule has 24 heavy (non-hydrogen) atoms. The van der Waals surface area contributed by atoms with Crippen molar-refractivity contribution in [2.45, 2.75) is 25.4 Å². The molecular weight excluding hydrogens is 388 g/mol. The van der Waals surface area contributed by atoms with Gasteiger partial charge in [0.05, 0.1) is 17.6 Å². The van der Waals surface area contributed by atoms with Crippen LogP contribution in [0, 0.1) is 11.3 Å². The van der Waals surface area contributed by atoms with Crippen molar-refractivity contribution in [1.82, 2.24) is 4.90 Å². The van der Waals surface area contributed by atoms with Gasteiger partial charge in [0.25, 0.3) is 0 Å². The summed E-state index contributed by atoms with van der Waals surface area (Å²) in [6.45, 7) is 3.44. The lowest BCUT2D eigenvalue weighted by Gasteiger charge is -2.25. The summed E-state index contributed by atoms with van der Waals surface area (Å²) in [6.07, 6.45) is 0.896. The van der Waals surface area contributed by atoms with Gasteiger partial charge in [-0.1, -0.05) is 45.7 Å². The van der Waals surface area contributed by atoms with Crippen LogP contribution < -0.4 is 0 Å². The molecule has 1 unspecified atom stereocenters. The van der Waals surface area contributed by atoms with Crippen molar-refractivity contribution in [1.29, 1.82) is 5.26 Å². The third-order valence-corrected chi connectivity index (χ3v) is 5.73. The van der Waals surface area contributed by atoms with E-state index >= 15 is 0 Å². The Bertz CT molecular complexity index is 831. The highest BCUT2D eigenvalue weighted by Crippen LogP contribution is 2.39. The van der Waals surface area contributed by atoms with Gasteiger partial charge in [-0.2, -0.15) is 5.26 Å². The number of nitriles is 1. The Kier molecular flexibility index (Phi) is 5.05. The van der Waals surface area contributed by atoms with Crippen LogP contribution in [0.5, 0.6) is 0 Å². The molecule has 3 rings (SSSR count). The van der Waals surface area contributed by atoms with Gasteiger partial charge < -0.3 is 4.79 Å². The van der Waals surface area contributed by atoms with E-state index in [2.05, 4.69) is 39.9 Å². The van der Waals surface area contributed by atoms with Crippen molar-refractivity contribution < 1.29 is 4.79 Å². The number of carbonyl (C=O) groups is 1. The van der Waals surface area contributed by atoms with E-state index in [4.69, 9.17) is 11.6 Å². The number of rotatable bonds is 4. The molecule has 0 spiro atoms. The highest BCUT2D eigenvalue weighted by molar-refractivity contribution is 9.10. The largest absolute Gasteiger partial charge is 0.303 e. The van der Waals surface area contributed by atoms with Gasteiger partial charge in [-0.25, -0.2) is 0 Å². The van der Waals surface area contributed by atoms with Gasteiger partial charge in [-0.3, -0.25) is 4.90 Å². The van der Waals surface area contributed by atoms with Crippen molar-refractivity contribution in [3.05, 3.63) is 68.1 Å². The van der Waals surface area contributed by atoms with Crippen LogP contribution in [0.1, 0.15) is 41.1 Å². The summed E-state index contributed by atoms with van der Waals surface area (Å²) in [6, 6.07) is 13.7. The molecule has 3 nitrogen and oxygen atoms in total. The van der Waals surface area contributed by atoms with Crippen LogP contribution >= 0.6 is 27.5 Å². The van der Waals surface area contributed by atoms with E-state index in [1.54, 1.807) is 18.2 Å². The highest BCUT2D eigenvalue weighted by atomic mass is 79.9. The minimum absolute atomic E-state index is 0.216. The maximum Gasteiger partial charge on any atom is 0.128 e. The second-order valence-electron chi connectivity index (χ2n) is 5.97. The first-order valence-electron chi connectivity index (χ1n) is 7.72. The zero-order valence-electron chi connectivity index (χ0n) is 13.2. The van der Waals surface area contributed by atoms with Crippen molar-refractivity contribution >= 4 is 33.8 Å². The molecule has 1 aliphatic rings. The van der Waals surface area contributed by atoms with E-state index in [9.17, 15) is 10.1 Å². The van der Waals surface area contributed by atoms with Crippen LogP contribution in [-0.4, -0.2) is 17.7 Å². The van der Waals surface area contributed by atoms with E-state index in [-0.39, 0.29) is 6.04 Å². The molecule has 122 valence electrons. The molecule has 2 aromatic carbocycles. The summed E-state index contributed by atoms with van der Waals surface area (Å²) in [5.41, 5.74) is 3.62. The second kappa shape index (κ2) is 7.06. The maximum absolute atomic E-state index is 11.8. The quantitative estimate of drug-likeness (QED) is 0.687. The molecular formula is C19H16BrClN2O. The number of benzene rings is 2. The van der Waals surface area contributed by atoms with Crippen molar-refractivity contribution in [2.75, 3.05) is 6.54 Å². The molecule has 0 radical (unpaired) electrons. The Morgan fingerprint density at radius 2 is 2.17 bits per heavy atom. The van der Waals surface area contributed by atoms with Gasteiger partial charge in [-0.15, -0.1) is 0 Å². The fourth-order valence-corrected chi connectivity index (χ4v) is 4.18. The molecule has 1 heterocycles. The van der Waals surface area contributed by atoms with Gasteiger partial charge in [0.15, 0.2) is 0 Å². The number of carbonyl (C=O) groups excluding carboxylic acids is 1. The van der Waals surface area contributed by atoms with E-state index in [1.807, 2.05) is 12.1 Å². The Morgan fingerprint density at radius 1 is 1.42 bits per heavy atom. The zero-order chi connectivity index (χ0) is 17.3. The summed E-state index contributed by atoms with van der Waals surface area (Å²) >= 11 is 9.89. The molecule has 5 heteroatoms. The Hall–Kier alpha value is -1.67. The van der Waals surface area contributed by atoms with Crippen LogP contribution in [0.15, 0.2) is 40.9 Å². The molecule has 1 aliphatic heterocycles. The fraction of sp³-hybridized carbons (Fsp3) is 0.263. The first-order valence-corrected chi connectivity index (χ1v) is 8.89. The third kappa shape index (κ3) is 3.00. The van der Waals surface area contributed by atoms with Gasteiger partial charge in [-0.05, 0) is 41.8 Å². The number of hydrogen-bond acceptors (Lipinski definition) is 3. The molecule has 2 aromatic rings. The van der Waals surface area contributed by atoms with Gasteiger partial charge in [0.1, 0.15) is 6.29 Å². The highest BCUT2D eigenvalue weighted by Gasteiger charge is 2.31. The standard InChI is InChI=1S/C19H16BrClN2O/c1-12-15-5-3-6-17(20)16(15)10-23(12)9-14(11-24)19-13(8-22)4-2-7-18(19)21/h2-7,11-12,14H,9-10H2,1H3/t12-,14?/m0/s1. The summed E-state index contributed by atoms with van der Waals surface area (Å²) in [4.78, 5) is 14.0. The Labute approximate surface area is 155 Å². The van der Waals surface area contributed by atoms with E-state index in [0.29, 0.717) is 22.7 Å². The molecule has 0 aliphatic carbocycles. The summed E-state index contributed by atoms with van der Waals surface area (Å²) in [5.74, 6) is -0.427. The van der Waals surface area contributed by atoms with Gasteiger partial charge in [0, 0.05) is 28.6 Å². The van der Waals surface area contributed by atoms with E-state index in [0.717, 1.165) is 17.3 Å². The number of hydrogen-bond donors (Lipinski definition) is 0. The van der Waals surface area contributed by atoms with Crippen LogP contribution in [0.3, 0.4) is 0 Å². The summed E-state index contributed by atoms with van der Waals surface area (Å²) in [7, 11) is 0. The molecule has 0 amide bonds. The lowest BCUT2D eigenvalue weighted by Crippen LogP contribution is -2.27. The third-order valence-electron chi connectivity index (χ3n) is 4.65. The Morgan fingerprint density at radius 3 is 2.83 bits per heavy atom. The number of fused-ring (bicyclic) bond motifs is 1. The Balaban J connectivity index is 1.90. The van der Waals surface area contributed by atoms with E-state index < -0.39 is 5.92 Å². The predicted octanol–water partition coefficient (Wildman–Crippen LogP) is 4.83. The minimum Gasteiger partial charge on any atom is -0.303 e. The molecule has 2 atom stereocenters. The summed E-state index contributed by atoms with van der Waals surface area (Å²) in [5, 5.41) is 9.80. The smallest absolute Gasteiger partial charge is 0.128 e. The maximum atomic E-state index is 11.8. The SMILES string of the molecule is C[C@H]1c2cccc(Br)c2CN1CC(C=O)c1c(Cl)cccc1C#N. The van der Waals surface area contributed by atoms with Crippen LogP contribution in [0.2, 0.25) is 5.02 Å². The lowest BCUT2D eigenvalue weighted by atomic mass is 9.95. The first kappa shape index (κ1) is 17.2. The number of nitrogens with zero attached hydrogens (tertiary/aromatic N) is 2. The average molecular weight is 404 g/mol. The normalized spacial score (nSPS) is 18.0. The molecule has 0 aromatic heterocycles. The van der Waals surface area contributed by atoms with Crippen molar-refractivity contribution in [3.8, 4) is 6.07 Å². The summed E-state index contributed by atoms with van der Waals surface area (Å²) < 4.78 is 1.09. The first-order chi connectivity index (χ1) is 11.6. The lowest BCUT2D eigenvalue weighted by molar-refractivity contribution is -0.109. The van der Waals surface area contributed by atoms with Crippen molar-refractivity contribution in [2.24, 2.45) is 0 Å².